The van der Waals surface area contributed by atoms with Crippen molar-refractivity contribution in [1.29, 1.82) is 0 Å². The lowest BCUT2D eigenvalue weighted by atomic mass is 10.1. The summed E-state index contributed by atoms with van der Waals surface area (Å²) >= 11 is 5.60. The summed E-state index contributed by atoms with van der Waals surface area (Å²) in [5, 5.41) is 3.19. The molecule has 0 saturated heterocycles. The molecule has 2 nitrogen and oxygen atoms in total. The average molecular weight is 190 g/mol. The summed E-state index contributed by atoms with van der Waals surface area (Å²) in [4.78, 5) is 11.3. The van der Waals surface area contributed by atoms with Crippen molar-refractivity contribution < 1.29 is 4.79 Å². The molecule has 0 spiro atoms. The second-order valence-electron chi connectivity index (χ2n) is 3.91. The van der Waals surface area contributed by atoms with E-state index in [-0.39, 0.29) is 17.4 Å². The second-order valence-corrected chi connectivity index (χ2v) is 4.39. The van der Waals surface area contributed by atoms with E-state index in [1.165, 1.54) is 0 Å². The third-order valence-electron chi connectivity index (χ3n) is 1.36. The van der Waals surface area contributed by atoms with Crippen molar-refractivity contribution in [3.8, 4) is 0 Å². The van der Waals surface area contributed by atoms with E-state index in [1.54, 1.807) is 6.92 Å². The minimum Gasteiger partial charge on any atom is -0.351 e. The molecule has 0 aliphatic rings. The van der Waals surface area contributed by atoms with Crippen molar-refractivity contribution in [3.05, 3.63) is 11.6 Å². The van der Waals surface area contributed by atoms with Gasteiger partial charge in [0.2, 0.25) is 5.91 Å². The Morgan fingerprint density at radius 1 is 1.50 bits per heavy atom. The molecular weight excluding hydrogens is 174 g/mol. The molecule has 0 rings (SSSR count). The molecule has 1 atom stereocenters. The van der Waals surface area contributed by atoms with Crippen LogP contribution in [0.2, 0.25) is 0 Å². The summed E-state index contributed by atoms with van der Waals surface area (Å²) in [6.07, 6.45) is 0. The zero-order valence-corrected chi connectivity index (χ0v) is 8.83. The van der Waals surface area contributed by atoms with E-state index in [1.807, 2.05) is 20.8 Å². The van der Waals surface area contributed by atoms with E-state index in [9.17, 15) is 4.79 Å². The summed E-state index contributed by atoms with van der Waals surface area (Å²) in [7, 11) is 0. The maximum atomic E-state index is 11.3. The highest BCUT2D eigenvalue weighted by atomic mass is 35.5. The molecule has 0 radical (unpaired) electrons. The van der Waals surface area contributed by atoms with E-state index in [0.717, 1.165) is 0 Å². The van der Waals surface area contributed by atoms with Crippen LogP contribution < -0.4 is 5.32 Å². The van der Waals surface area contributed by atoms with Gasteiger partial charge in [0, 0.05) is 10.6 Å². The first kappa shape index (κ1) is 11.5. The Morgan fingerprint density at radius 2 is 1.92 bits per heavy atom. The lowest BCUT2D eigenvalue weighted by Gasteiger charge is -2.22. The maximum absolute atomic E-state index is 11.3. The van der Waals surface area contributed by atoms with Crippen molar-refractivity contribution in [1.82, 2.24) is 5.32 Å². The predicted octanol–water partition coefficient (Wildman–Crippen LogP) is 2.29. The van der Waals surface area contributed by atoms with Gasteiger partial charge in [-0.3, -0.25) is 4.79 Å². The number of hydrogen-bond acceptors (Lipinski definition) is 1. The Bertz CT molecular complexity index is 193. The Hall–Kier alpha value is -0.500. The van der Waals surface area contributed by atoms with Crippen LogP contribution in [0, 0.1) is 5.92 Å². The molecule has 0 aromatic rings. The predicted molar refractivity (Wildman–Crippen MR) is 52.1 cm³/mol. The SMILES string of the molecule is C=C(Cl)C(C)C(=O)NC(C)(C)C. The fourth-order valence-corrected chi connectivity index (χ4v) is 0.719. The smallest absolute Gasteiger partial charge is 0.228 e. The Morgan fingerprint density at radius 3 is 2.17 bits per heavy atom. The van der Waals surface area contributed by atoms with E-state index in [4.69, 9.17) is 11.6 Å². The quantitative estimate of drug-likeness (QED) is 0.710. The van der Waals surface area contributed by atoms with Crippen LogP contribution >= 0.6 is 11.6 Å². The Labute approximate surface area is 79.0 Å². The molecule has 0 bridgehead atoms. The van der Waals surface area contributed by atoms with E-state index in [2.05, 4.69) is 11.9 Å². The second kappa shape index (κ2) is 3.94. The fourth-order valence-electron chi connectivity index (χ4n) is 0.620. The normalized spacial score (nSPS) is 13.8. The highest BCUT2D eigenvalue weighted by Gasteiger charge is 2.19. The van der Waals surface area contributed by atoms with Gasteiger partial charge < -0.3 is 5.32 Å². The number of rotatable bonds is 2. The Kier molecular flexibility index (Phi) is 3.78. The molecule has 1 N–H and O–H groups in total. The van der Waals surface area contributed by atoms with Crippen LogP contribution in [0.4, 0.5) is 0 Å². The van der Waals surface area contributed by atoms with Crippen LogP contribution in [0.1, 0.15) is 27.7 Å². The minimum atomic E-state index is -0.328. The number of amides is 1. The summed E-state index contributed by atoms with van der Waals surface area (Å²) in [5.74, 6) is -0.409. The first-order chi connectivity index (χ1) is 5.24. The largest absolute Gasteiger partial charge is 0.351 e. The summed E-state index contributed by atoms with van der Waals surface area (Å²) in [6, 6.07) is 0. The molecule has 3 heteroatoms. The molecular formula is C9H16ClNO. The first-order valence-electron chi connectivity index (χ1n) is 3.90. The monoisotopic (exact) mass is 189 g/mol. The number of halogens is 1. The number of nitrogens with one attached hydrogen (secondary N) is 1. The van der Waals surface area contributed by atoms with Crippen molar-refractivity contribution in [2.24, 2.45) is 5.92 Å². The highest BCUT2D eigenvalue weighted by Crippen LogP contribution is 2.13. The lowest BCUT2D eigenvalue weighted by molar-refractivity contribution is -0.124. The van der Waals surface area contributed by atoms with Gasteiger partial charge in [-0.25, -0.2) is 0 Å². The molecule has 0 fully saturated rings. The van der Waals surface area contributed by atoms with Crippen molar-refractivity contribution in [3.63, 3.8) is 0 Å². The van der Waals surface area contributed by atoms with Crippen LogP contribution in [0.5, 0.6) is 0 Å². The molecule has 0 aromatic carbocycles. The molecule has 1 amide bonds. The molecule has 0 saturated carbocycles. The summed E-state index contributed by atoms with van der Waals surface area (Å²) in [5.41, 5.74) is -0.211. The fraction of sp³-hybridized carbons (Fsp3) is 0.667. The van der Waals surface area contributed by atoms with Crippen LogP contribution in [0.3, 0.4) is 0 Å². The molecule has 0 aromatic heterocycles. The summed E-state index contributed by atoms with van der Waals surface area (Å²) in [6.45, 7) is 11.0. The van der Waals surface area contributed by atoms with Gasteiger partial charge in [-0.2, -0.15) is 0 Å². The average Bonchev–Trinajstić information content (AvgIpc) is 1.82. The zero-order chi connectivity index (χ0) is 9.94. The molecule has 0 heterocycles. The minimum absolute atomic E-state index is 0.0810. The van der Waals surface area contributed by atoms with Crippen LogP contribution in [0.25, 0.3) is 0 Å². The van der Waals surface area contributed by atoms with Crippen molar-refractivity contribution >= 4 is 17.5 Å². The zero-order valence-electron chi connectivity index (χ0n) is 8.07. The number of carbonyl (C=O) groups is 1. The molecule has 0 aliphatic heterocycles. The number of carbonyl (C=O) groups excluding carboxylic acids is 1. The van der Waals surface area contributed by atoms with Crippen LogP contribution in [-0.2, 0) is 4.79 Å². The van der Waals surface area contributed by atoms with Gasteiger partial charge in [-0.05, 0) is 27.7 Å². The van der Waals surface area contributed by atoms with Gasteiger partial charge in [-0.15, -0.1) is 0 Å². The highest BCUT2D eigenvalue weighted by molar-refractivity contribution is 6.30. The molecule has 1 unspecified atom stereocenters. The van der Waals surface area contributed by atoms with Crippen molar-refractivity contribution in [2.75, 3.05) is 0 Å². The third-order valence-corrected chi connectivity index (χ3v) is 1.69. The summed E-state index contributed by atoms with van der Waals surface area (Å²) < 4.78 is 0. The molecule has 70 valence electrons. The standard InChI is InChI=1S/C9H16ClNO/c1-6(7(2)10)8(12)11-9(3,4)5/h6H,2H2,1,3-5H3,(H,11,12). The van der Waals surface area contributed by atoms with Crippen LogP contribution in [-0.4, -0.2) is 11.4 Å². The molecule has 12 heavy (non-hydrogen) atoms. The molecule has 0 aliphatic carbocycles. The van der Waals surface area contributed by atoms with E-state index < -0.39 is 0 Å². The van der Waals surface area contributed by atoms with Gasteiger partial charge in [0.05, 0.1) is 5.92 Å². The topological polar surface area (TPSA) is 29.1 Å². The van der Waals surface area contributed by atoms with Crippen LogP contribution in [0.15, 0.2) is 11.6 Å². The first-order valence-corrected chi connectivity index (χ1v) is 4.28. The van der Waals surface area contributed by atoms with E-state index >= 15 is 0 Å². The van der Waals surface area contributed by atoms with Crippen molar-refractivity contribution in [2.45, 2.75) is 33.2 Å². The third kappa shape index (κ3) is 4.39. The maximum Gasteiger partial charge on any atom is 0.228 e. The van der Waals surface area contributed by atoms with Gasteiger partial charge in [-0.1, -0.05) is 18.2 Å². The number of hydrogen-bond donors (Lipinski definition) is 1. The van der Waals surface area contributed by atoms with Gasteiger partial charge in [0.25, 0.3) is 0 Å². The van der Waals surface area contributed by atoms with Gasteiger partial charge in [0.1, 0.15) is 0 Å². The van der Waals surface area contributed by atoms with Gasteiger partial charge >= 0.3 is 0 Å². The van der Waals surface area contributed by atoms with Gasteiger partial charge in [0.15, 0.2) is 0 Å². The lowest BCUT2D eigenvalue weighted by Crippen LogP contribution is -2.43. The van der Waals surface area contributed by atoms with E-state index in [0.29, 0.717) is 5.03 Å². The Balaban J connectivity index is 4.15.